The molecule has 0 radical (unpaired) electrons. The van der Waals surface area contributed by atoms with Crippen molar-refractivity contribution in [3.63, 3.8) is 0 Å². The average molecular weight is 632 g/mol. The molecule has 1 saturated heterocycles. The molecule has 5 amide bonds. The Kier molecular flexibility index (Phi) is 12.6. The van der Waals surface area contributed by atoms with E-state index in [-0.39, 0.29) is 18.6 Å². The van der Waals surface area contributed by atoms with E-state index in [4.69, 9.17) is 14.9 Å². The quantitative estimate of drug-likeness (QED) is 0.154. The number of primary amides is 1. The smallest absolute Gasteiger partial charge is 0.332 e. The predicted octanol–water partition coefficient (Wildman–Crippen LogP) is 2.71. The van der Waals surface area contributed by atoms with E-state index in [1.54, 1.807) is 12.1 Å². The van der Waals surface area contributed by atoms with Gasteiger partial charge in [-0.15, -0.1) is 0 Å². The van der Waals surface area contributed by atoms with Crippen molar-refractivity contribution in [3.8, 4) is 0 Å². The Morgan fingerprint density at radius 3 is 2.31 bits per heavy atom. The second-order valence-electron chi connectivity index (χ2n) is 13.5. The number of Topliss-reactive ketones (excluding diaryl/α,β-unsaturated/α-hetero) is 1. The number of likely N-dealkylation sites (tertiary alicyclic amines) is 1. The van der Waals surface area contributed by atoms with Gasteiger partial charge in [0.25, 0.3) is 5.91 Å². The van der Waals surface area contributed by atoms with Crippen molar-refractivity contribution in [2.45, 2.75) is 122 Å². The SMILES string of the molecule is CC1CCCN1C(=O)C(NC(=O)NC1(C(=O)OCc2ccco2)CCCCC1)C(C)(C)C.NC(=O)C(=O)C(CC1CC1)NC=O. The maximum Gasteiger partial charge on any atom is 0.332 e. The molecule has 13 nitrogen and oxygen atoms in total. The molecular weight excluding hydrogens is 582 g/mol. The van der Waals surface area contributed by atoms with E-state index in [1.165, 1.54) is 6.26 Å². The first-order valence-corrected chi connectivity index (χ1v) is 15.9. The zero-order valence-electron chi connectivity index (χ0n) is 26.9. The minimum atomic E-state index is -1.10. The Balaban J connectivity index is 0.000000355. The third kappa shape index (κ3) is 10.3. The molecule has 2 heterocycles. The highest BCUT2D eigenvalue weighted by atomic mass is 16.5. The van der Waals surface area contributed by atoms with Gasteiger partial charge in [-0.25, -0.2) is 9.59 Å². The predicted molar refractivity (Wildman–Crippen MR) is 164 cm³/mol. The topological polar surface area (TPSA) is 190 Å². The molecule has 3 aliphatic rings. The molecule has 0 aromatic carbocycles. The second-order valence-corrected chi connectivity index (χ2v) is 13.5. The van der Waals surface area contributed by atoms with Crippen LogP contribution in [0.4, 0.5) is 4.79 Å². The molecule has 3 atom stereocenters. The summed E-state index contributed by atoms with van der Waals surface area (Å²) in [4.78, 5) is 73.0. The fourth-order valence-electron chi connectivity index (χ4n) is 5.86. The summed E-state index contributed by atoms with van der Waals surface area (Å²) in [5.41, 5.74) is 3.25. The first kappa shape index (κ1) is 35.6. The molecule has 5 N–H and O–H groups in total. The van der Waals surface area contributed by atoms with Crippen molar-refractivity contribution in [1.29, 1.82) is 0 Å². The summed E-state index contributed by atoms with van der Waals surface area (Å²) in [6.45, 7) is 8.57. The molecule has 3 fully saturated rings. The van der Waals surface area contributed by atoms with Crippen LogP contribution in [0.25, 0.3) is 0 Å². The van der Waals surface area contributed by atoms with Crippen molar-refractivity contribution in [2.75, 3.05) is 6.54 Å². The number of carbonyl (C=O) groups excluding carboxylic acids is 6. The van der Waals surface area contributed by atoms with Crippen LogP contribution in [0, 0.1) is 11.3 Å². The Hall–Kier alpha value is -3.90. The summed E-state index contributed by atoms with van der Waals surface area (Å²) >= 11 is 0. The Morgan fingerprint density at radius 2 is 1.80 bits per heavy atom. The molecule has 3 unspecified atom stereocenters. The van der Waals surface area contributed by atoms with Gasteiger partial charge in [0, 0.05) is 12.6 Å². The van der Waals surface area contributed by atoms with Crippen LogP contribution in [0.15, 0.2) is 22.8 Å². The number of rotatable bonds is 12. The standard InChI is InChI=1S/C24H37N3O5.C8H12N2O3/c1-17-10-8-14-27(17)20(28)19(23(2,3)4)25-22(30)26-24(12-6-5-7-13-24)21(29)32-16-18-11-9-15-31-18;9-8(13)7(12)6(10-4-11)3-5-1-2-5/h9,11,15,17,19H,5-8,10,12-14,16H2,1-4H3,(H2,25,26,30);4-6H,1-3H2,(H2,9,13)(H,10,11). The van der Waals surface area contributed by atoms with E-state index in [1.807, 2.05) is 32.6 Å². The summed E-state index contributed by atoms with van der Waals surface area (Å²) < 4.78 is 10.7. The average Bonchev–Trinajstić information content (AvgIpc) is 3.45. The molecule has 2 aliphatic carbocycles. The van der Waals surface area contributed by atoms with Crippen LogP contribution in [0.2, 0.25) is 0 Å². The van der Waals surface area contributed by atoms with Gasteiger partial charge in [0.1, 0.15) is 23.9 Å². The van der Waals surface area contributed by atoms with E-state index in [2.05, 4.69) is 16.0 Å². The van der Waals surface area contributed by atoms with Crippen LogP contribution in [-0.2, 0) is 35.3 Å². The molecule has 2 saturated carbocycles. The van der Waals surface area contributed by atoms with Gasteiger partial charge < -0.3 is 35.7 Å². The van der Waals surface area contributed by atoms with Crippen molar-refractivity contribution in [3.05, 3.63) is 24.2 Å². The summed E-state index contributed by atoms with van der Waals surface area (Å²) in [7, 11) is 0. The molecule has 0 spiro atoms. The highest BCUT2D eigenvalue weighted by molar-refractivity contribution is 6.37. The van der Waals surface area contributed by atoms with Crippen molar-refractivity contribution in [1.82, 2.24) is 20.9 Å². The van der Waals surface area contributed by atoms with E-state index in [9.17, 15) is 28.8 Å². The summed E-state index contributed by atoms with van der Waals surface area (Å²) in [5.74, 6) is -1.22. The van der Waals surface area contributed by atoms with E-state index < -0.39 is 46.7 Å². The Labute approximate surface area is 264 Å². The molecule has 45 heavy (non-hydrogen) atoms. The number of amides is 5. The number of ketones is 1. The number of nitrogens with zero attached hydrogens (tertiary/aromatic N) is 1. The molecule has 13 heteroatoms. The van der Waals surface area contributed by atoms with Crippen molar-refractivity contribution in [2.24, 2.45) is 17.1 Å². The first-order chi connectivity index (χ1) is 21.3. The van der Waals surface area contributed by atoms with Crippen LogP contribution in [0.5, 0.6) is 0 Å². The zero-order chi connectivity index (χ0) is 33.2. The minimum absolute atomic E-state index is 0.0207. The molecule has 1 aliphatic heterocycles. The van der Waals surface area contributed by atoms with E-state index >= 15 is 0 Å². The maximum absolute atomic E-state index is 13.3. The first-order valence-electron chi connectivity index (χ1n) is 15.9. The summed E-state index contributed by atoms with van der Waals surface area (Å²) in [6.07, 6.45) is 10.2. The third-order valence-electron chi connectivity index (χ3n) is 8.70. The van der Waals surface area contributed by atoms with Gasteiger partial charge in [-0.1, -0.05) is 52.9 Å². The number of urea groups is 1. The van der Waals surface area contributed by atoms with Gasteiger partial charge in [-0.2, -0.15) is 0 Å². The number of hydrogen-bond donors (Lipinski definition) is 4. The zero-order valence-corrected chi connectivity index (χ0v) is 26.9. The Morgan fingerprint density at radius 1 is 1.11 bits per heavy atom. The number of furan rings is 1. The van der Waals surface area contributed by atoms with Crippen LogP contribution in [0.3, 0.4) is 0 Å². The largest absolute Gasteiger partial charge is 0.466 e. The normalized spacial score (nSPS) is 20.4. The minimum Gasteiger partial charge on any atom is -0.466 e. The second kappa shape index (κ2) is 15.9. The lowest BCUT2D eigenvalue weighted by Gasteiger charge is -2.38. The molecule has 0 bridgehead atoms. The molecule has 1 aromatic heterocycles. The lowest BCUT2D eigenvalue weighted by atomic mass is 9.81. The molecular formula is C32H49N5O8. The van der Waals surface area contributed by atoms with Crippen LogP contribution >= 0.6 is 0 Å². The van der Waals surface area contributed by atoms with Crippen LogP contribution in [-0.4, -0.2) is 71.1 Å². The third-order valence-corrected chi connectivity index (χ3v) is 8.70. The van der Waals surface area contributed by atoms with Gasteiger partial charge in [0.05, 0.1) is 12.3 Å². The van der Waals surface area contributed by atoms with Gasteiger partial charge in [-0.05, 0) is 62.5 Å². The highest BCUT2D eigenvalue weighted by Gasteiger charge is 2.44. The molecule has 250 valence electrons. The number of hydrogen-bond acceptors (Lipinski definition) is 8. The van der Waals surface area contributed by atoms with E-state index in [0.717, 1.165) is 44.9 Å². The maximum atomic E-state index is 13.3. The number of nitrogens with two attached hydrogens (primary N) is 1. The van der Waals surface area contributed by atoms with Gasteiger partial charge in [0.15, 0.2) is 0 Å². The molecule has 1 aromatic rings. The van der Waals surface area contributed by atoms with Crippen molar-refractivity contribution >= 4 is 36.0 Å². The number of nitrogens with one attached hydrogen (secondary N) is 3. The number of carbonyl (C=O) groups is 6. The summed E-state index contributed by atoms with van der Waals surface area (Å²) in [5, 5.41) is 8.08. The van der Waals surface area contributed by atoms with Crippen LogP contribution in [0.1, 0.15) is 97.7 Å². The Bertz CT molecular complexity index is 1180. The van der Waals surface area contributed by atoms with Crippen LogP contribution < -0.4 is 21.7 Å². The van der Waals surface area contributed by atoms with Gasteiger partial charge in [0.2, 0.25) is 18.1 Å². The fourth-order valence-corrected chi connectivity index (χ4v) is 5.86. The fraction of sp³-hybridized carbons (Fsp3) is 0.688. The lowest BCUT2D eigenvalue weighted by molar-refractivity contribution is -0.154. The lowest BCUT2D eigenvalue weighted by Crippen LogP contribution is -2.63. The van der Waals surface area contributed by atoms with Gasteiger partial charge in [-0.3, -0.25) is 19.2 Å². The number of ether oxygens (including phenoxy) is 1. The van der Waals surface area contributed by atoms with Gasteiger partial charge >= 0.3 is 12.0 Å². The monoisotopic (exact) mass is 631 g/mol. The van der Waals surface area contributed by atoms with Crippen molar-refractivity contribution < 1.29 is 37.9 Å². The van der Waals surface area contributed by atoms with E-state index in [0.29, 0.717) is 43.9 Å². The summed E-state index contributed by atoms with van der Waals surface area (Å²) in [6, 6.07) is 1.71. The highest BCUT2D eigenvalue weighted by Crippen LogP contribution is 2.33. The number of esters is 1. The molecule has 4 rings (SSSR count).